The van der Waals surface area contributed by atoms with Gasteiger partial charge in [-0.25, -0.2) is 4.79 Å². The maximum Gasteiger partial charge on any atom is 0.416 e. The summed E-state index contributed by atoms with van der Waals surface area (Å²) in [6.45, 7) is 2.88. The summed E-state index contributed by atoms with van der Waals surface area (Å²) >= 11 is 0. The third-order valence-electron chi connectivity index (χ3n) is 3.32. The number of alkyl halides is 3. The first-order chi connectivity index (χ1) is 10.8. The second-order valence-electron chi connectivity index (χ2n) is 4.95. The smallest absolute Gasteiger partial charge is 0.416 e. The molecule has 0 spiro atoms. The molecule has 2 aliphatic heterocycles. The second-order valence-corrected chi connectivity index (χ2v) is 4.95. The average molecular weight is 324 g/mol. The molecule has 0 radical (unpaired) electrons. The number of carbonyl (C=O) groups is 1. The lowest BCUT2D eigenvalue weighted by Crippen LogP contribution is -2.08. The number of fused-ring (bicyclic) bond motifs is 3. The lowest BCUT2D eigenvalue weighted by molar-refractivity contribution is -0.137. The van der Waals surface area contributed by atoms with Crippen molar-refractivity contribution in [2.45, 2.75) is 19.7 Å². The predicted octanol–water partition coefficient (Wildman–Crippen LogP) is 4.38. The number of carbonyl (C=O) groups excluding carboxylic acids is 1. The van der Waals surface area contributed by atoms with Crippen molar-refractivity contribution >= 4 is 5.97 Å². The molecule has 0 aromatic heterocycles. The van der Waals surface area contributed by atoms with Gasteiger partial charge in [0.25, 0.3) is 0 Å². The van der Waals surface area contributed by atoms with Crippen molar-refractivity contribution in [1.29, 1.82) is 0 Å². The standard InChI is InChI=1S/C9H7F3O2.C8H8O/c1-14-8(13)6-3-2-4-7(5-6)9(10,11)12;1-6-4-8-3-2-7(6)5-9-8/h2-5H,1H3;2-4H,5H2,1H3. The van der Waals surface area contributed by atoms with E-state index in [0.717, 1.165) is 37.7 Å². The fraction of sp³-hybridized carbons (Fsp3) is 0.235. The van der Waals surface area contributed by atoms with Gasteiger partial charge in [-0.05, 0) is 48.4 Å². The van der Waals surface area contributed by atoms with Gasteiger partial charge in [0.2, 0.25) is 0 Å². The minimum Gasteiger partial charge on any atom is -0.489 e. The van der Waals surface area contributed by atoms with E-state index in [1.807, 2.05) is 6.07 Å². The van der Waals surface area contributed by atoms with Gasteiger partial charge in [-0.15, -0.1) is 0 Å². The van der Waals surface area contributed by atoms with Crippen LogP contribution in [0.4, 0.5) is 13.2 Å². The quantitative estimate of drug-likeness (QED) is 0.730. The van der Waals surface area contributed by atoms with Gasteiger partial charge < -0.3 is 9.47 Å². The minimum atomic E-state index is -4.44. The normalized spacial score (nSPS) is 12.0. The van der Waals surface area contributed by atoms with E-state index >= 15 is 0 Å². The third-order valence-corrected chi connectivity index (χ3v) is 3.32. The predicted molar refractivity (Wildman–Crippen MR) is 78.3 cm³/mol. The molecule has 0 fully saturated rings. The highest BCUT2D eigenvalue weighted by Gasteiger charge is 2.30. The van der Waals surface area contributed by atoms with Gasteiger partial charge in [-0.1, -0.05) is 12.1 Å². The summed E-state index contributed by atoms with van der Waals surface area (Å²) in [7, 11) is 1.11. The molecule has 0 N–H and O–H groups in total. The molecule has 0 saturated heterocycles. The van der Waals surface area contributed by atoms with Gasteiger partial charge in [0, 0.05) is 0 Å². The van der Waals surface area contributed by atoms with E-state index in [-0.39, 0.29) is 5.56 Å². The highest BCUT2D eigenvalue weighted by molar-refractivity contribution is 5.89. The molecule has 0 unspecified atom stereocenters. The summed E-state index contributed by atoms with van der Waals surface area (Å²) in [5.74, 6) is 0.221. The van der Waals surface area contributed by atoms with Crippen molar-refractivity contribution in [3.05, 3.63) is 64.7 Å². The summed E-state index contributed by atoms with van der Waals surface area (Å²) in [4.78, 5) is 10.9. The fourth-order valence-corrected chi connectivity index (χ4v) is 2.02. The van der Waals surface area contributed by atoms with Crippen LogP contribution in [0.1, 0.15) is 27.0 Å². The molecule has 23 heavy (non-hydrogen) atoms. The summed E-state index contributed by atoms with van der Waals surface area (Å²) in [6.07, 6.45) is -4.44. The second kappa shape index (κ2) is 6.73. The average Bonchev–Trinajstić information content (AvgIpc) is 2.55. The first kappa shape index (κ1) is 16.9. The Morgan fingerprint density at radius 3 is 2.30 bits per heavy atom. The molecule has 2 aromatic rings. The zero-order chi connectivity index (χ0) is 17.0. The molecule has 122 valence electrons. The van der Waals surface area contributed by atoms with Crippen LogP contribution in [0.5, 0.6) is 5.75 Å². The largest absolute Gasteiger partial charge is 0.489 e. The Morgan fingerprint density at radius 2 is 1.91 bits per heavy atom. The number of benzene rings is 2. The van der Waals surface area contributed by atoms with E-state index in [2.05, 4.69) is 23.8 Å². The van der Waals surface area contributed by atoms with Crippen LogP contribution in [0.2, 0.25) is 0 Å². The van der Waals surface area contributed by atoms with Crippen LogP contribution in [0, 0.1) is 6.92 Å². The number of esters is 1. The fourth-order valence-electron chi connectivity index (χ4n) is 2.02. The molecule has 0 amide bonds. The topological polar surface area (TPSA) is 35.5 Å². The molecule has 6 heteroatoms. The molecule has 2 heterocycles. The Hall–Kier alpha value is -2.50. The Morgan fingerprint density at radius 1 is 1.17 bits per heavy atom. The maximum atomic E-state index is 12.2. The zero-order valence-electron chi connectivity index (χ0n) is 12.6. The van der Waals surface area contributed by atoms with Crippen LogP contribution in [0.3, 0.4) is 0 Å². The van der Waals surface area contributed by atoms with Gasteiger partial charge in [0.1, 0.15) is 12.4 Å². The van der Waals surface area contributed by atoms with E-state index in [9.17, 15) is 18.0 Å². The molecule has 0 aliphatic carbocycles. The monoisotopic (exact) mass is 324 g/mol. The van der Waals surface area contributed by atoms with Crippen LogP contribution >= 0.6 is 0 Å². The van der Waals surface area contributed by atoms with E-state index in [0.29, 0.717) is 0 Å². The van der Waals surface area contributed by atoms with E-state index in [1.54, 1.807) is 0 Å². The summed E-state index contributed by atoms with van der Waals surface area (Å²) in [6, 6.07) is 10.3. The number of halogens is 3. The summed E-state index contributed by atoms with van der Waals surface area (Å²) in [5, 5.41) is 0. The number of aryl methyl sites for hydroxylation is 1. The van der Waals surface area contributed by atoms with Crippen LogP contribution in [-0.2, 0) is 17.5 Å². The molecule has 0 saturated carbocycles. The van der Waals surface area contributed by atoms with Crippen LogP contribution < -0.4 is 4.74 Å². The number of hydrogen-bond donors (Lipinski definition) is 0. The SMILES string of the molecule is COC(=O)c1cccc(C(F)(F)F)c1.Cc1cc2ccc1CO2. The Labute approximate surface area is 131 Å². The van der Waals surface area contributed by atoms with E-state index < -0.39 is 17.7 Å². The summed E-state index contributed by atoms with van der Waals surface area (Å²) in [5.41, 5.74) is 1.69. The van der Waals surface area contributed by atoms with Crippen molar-refractivity contribution in [3.8, 4) is 5.75 Å². The molecule has 2 aromatic carbocycles. The molecule has 0 atom stereocenters. The molecule has 3 nitrogen and oxygen atoms in total. The van der Waals surface area contributed by atoms with Gasteiger partial charge in [-0.2, -0.15) is 13.2 Å². The number of ether oxygens (including phenoxy) is 2. The van der Waals surface area contributed by atoms with E-state index in [1.165, 1.54) is 17.2 Å². The Balaban J connectivity index is 0.000000182. The van der Waals surface area contributed by atoms with Gasteiger partial charge >= 0.3 is 12.1 Å². The molecule has 4 rings (SSSR count). The minimum absolute atomic E-state index is 0.109. The van der Waals surface area contributed by atoms with Crippen molar-refractivity contribution in [1.82, 2.24) is 0 Å². The molecular formula is C17H15F3O3. The number of rotatable bonds is 1. The van der Waals surface area contributed by atoms with Crippen molar-refractivity contribution in [2.75, 3.05) is 7.11 Å². The third kappa shape index (κ3) is 4.25. The molecule has 2 aliphatic rings. The van der Waals surface area contributed by atoms with Crippen molar-refractivity contribution in [3.63, 3.8) is 0 Å². The highest BCUT2D eigenvalue weighted by atomic mass is 19.4. The van der Waals surface area contributed by atoms with Crippen LogP contribution in [-0.4, -0.2) is 13.1 Å². The highest BCUT2D eigenvalue weighted by Crippen LogP contribution is 2.29. The first-order valence-electron chi connectivity index (χ1n) is 6.79. The first-order valence-corrected chi connectivity index (χ1v) is 6.79. The lowest BCUT2D eigenvalue weighted by atomic mass is 10.1. The lowest BCUT2D eigenvalue weighted by Gasteiger charge is -2.15. The van der Waals surface area contributed by atoms with Crippen LogP contribution in [0.15, 0.2) is 42.5 Å². The number of hydrogen-bond acceptors (Lipinski definition) is 3. The molecular weight excluding hydrogens is 309 g/mol. The molecule has 2 bridgehead atoms. The Kier molecular flexibility index (Phi) is 4.93. The van der Waals surface area contributed by atoms with Crippen molar-refractivity contribution in [2.24, 2.45) is 0 Å². The Bertz CT molecular complexity index is 708. The summed E-state index contributed by atoms with van der Waals surface area (Å²) < 4.78 is 46.1. The van der Waals surface area contributed by atoms with Crippen LogP contribution in [0.25, 0.3) is 0 Å². The van der Waals surface area contributed by atoms with Crippen molar-refractivity contribution < 1.29 is 27.4 Å². The van der Waals surface area contributed by atoms with Gasteiger partial charge in [0.05, 0.1) is 18.2 Å². The van der Waals surface area contributed by atoms with Gasteiger partial charge in [-0.3, -0.25) is 0 Å². The maximum absolute atomic E-state index is 12.2. The number of methoxy groups -OCH3 is 1. The van der Waals surface area contributed by atoms with Gasteiger partial charge in [0.15, 0.2) is 0 Å². The zero-order valence-corrected chi connectivity index (χ0v) is 12.6. The van der Waals surface area contributed by atoms with E-state index in [4.69, 9.17) is 4.74 Å².